The van der Waals surface area contributed by atoms with Crippen LogP contribution in [0.15, 0.2) is 77.8 Å². The molecule has 0 amide bonds. The third-order valence-corrected chi connectivity index (χ3v) is 5.00. The molecule has 0 N–H and O–H groups in total. The average molecular weight is 369 g/mol. The van der Waals surface area contributed by atoms with Gasteiger partial charge in [-0.2, -0.15) is 8.42 Å². The van der Waals surface area contributed by atoms with Gasteiger partial charge in [0, 0.05) is 6.20 Å². The fourth-order valence-electron chi connectivity index (χ4n) is 2.24. The third-order valence-electron chi connectivity index (χ3n) is 3.73. The number of aromatic nitrogens is 1. The van der Waals surface area contributed by atoms with E-state index in [1.807, 2.05) is 25.1 Å². The summed E-state index contributed by atoms with van der Waals surface area (Å²) in [6.45, 7) is 2.24. The van der Waals surface area contributed by atoms with Crippen molar-refractivity contribution in [2.45, 2.75) is 25.0 Å². The molecule has 134 valence electrons. The van der Waals surface area contributed by atoms with Crippen LogP contribution in [-0.2, 0) is 27.5 Å². The Morgan fingerprint density at radius 2 is 1.62 bits per heavy atom. The van der Waals surface area contributed by atoms with Crippen molar-refractivity contribution >= 4 is 10.1 Å². The molecule has 0 unspecified atom stereocenters. The molecule has 2 aromatic carbocycles. The summed E-state index contributed by atoms with van der Waals surface area (Å²) in [5, 5.41) is 0. The van der Waals surface area contributed by atoms with Gasteiger partial charge in [-0.05, 0) is 48.9 Å². The number of benzene rings is 2. The Morgan fingerprint density at radius 3 is 2.27 bits per heavy atom. The highest BCUT2D eigenvalue weighted by Gasteiger charge is 2.14. The van der Waals surface area contributed by atoms with Crippen LogP contribution in [-0.4, -0.2) is 13.4 Å². The summed E-state index contributed by atoms with van der Waals surface area (Å²) in [6, 6.07) is 19.3. The Hall–Kier alpha value is -2.70. The number of hydrogen-bond donors (Lipinski definition) is 0. The van der Waals surface area contributed by atoms with Gasteiger partial charge in [0.05, 0.1) is 17.2 Å². The molecule has 0 spiro atoms. The summed E-state index contributed by atoms with van der Waals surface area (Å²) in [6.07, 6.45) is 1.72. The van der Waals surface area contributed by atoms with Crippen LogP contribution < -0.4 is 4.74 Å². The van der Waals surface area contributed by atoms with Crippen molar-refractivity contribution in [3.05, 3.63) is 89.7 Å². The molecule has 0 saturated heterocycles. The second kappa shape index (κ2) is 8.12. The first kappa shape index (κ1) is 18.1. The highest BCUT2D eigenvalue weighted by Crippen LogP contribution is 2.18. The molecule has 0 saturated carbocycles. The van der Waals surface area contributed by atoms with E-state index in [4.69, 9.17) is 8.92 Å². The fourth-order valence-corrected chi connectivity index (χ4v) is 3.14. The summed E-state index contributed by atoms with van der Waals surface area (Å²) in [4.78, 5) is 4.34. The molecule has 5 nitrogen and oxygen atoms in total. The van der Waals surface area contributed by atoms with Crippen molar-refractivity contribution in [2.24, 2.45) is 0 Å². The quantitative estimate of drug-likeness (QED) is 0.592. The lowest BCUT2D eigenvalue weighted by atomic mass is 10.2. The van der Waals surface area contributed by atoms with E-state index < -0.39 is 10.1 Å². The standard InChI is InChI=1S/C20H19NO4S/c1-16-5-11-20(12-6-16)26(22,23)25-14-17-7-9-19(10-8-17)24-15-18-4-2-3-13-21-18/h2-13H,14-15H2,1H3. The average Bonchev–Trinajstić information content (AvgIpc) is 2.67. The van der Waals surface area contributed by atoms with Gasteiger partial charge in [-0.3, -0.25) is 9.17 Å². The smallest absolute Gasteiger partial charge is 0.297 e. The maximum Gasteiger partial charge on any atom is 0.297 e. The van der Waals surface area contributed by atoms with Gasteiger partial charge in [-0.15, -0.1) is 0 Å². The summed E-state index contributed by atoms with van der Waals surface area (Å²) in [7, 11) is -3.77. The normalized spacial score (nSPS) is 11.3. The van der Waals surface area contributed by atoms with Gasteiger partial charge >= 0.3 is 0 Å². The SMILES string of the molecule is Cc1ccc(S(=O)(=O)OCc2ccc(OCc3ccccn3)cc2)cc1. The first-order chi connectivity index (χ1) is 12.5. The highest BCUT2D eigenvalue weighted by molar-refractivity contribution is 7.86. The molecule has 3 aromatic rings. The molecule has 0 radical (unpaired) electrons. The molecule has 1 aromatic heterocycles. The number of aryl methyl sites for hydroxylation is 1. The van der Waals surface area contributed by atoms with Crippen LogP contribution in [0.3, 0.4) is 0 Å². The van der Waals surface area contributed by atoms with Gasteiger partial charge in [0.25, 0.3) is 10.1 Å². The van der Waals surface area contributed by atoms with Crippen LogP contribution in [0.1, 0.15) is 16.8 Å². The second-order valence-electron chi connectivity index (χ2n) is 5.78. The molecular weight excluding hydrogens is 350 g/mol. The van der Waals surface area contributed by atoms with Crippen LogP contribution in [0.2, 0.25) is 0 Å². The van der Waals surface area contributed by atoms with Crippen molar-refractivity contribution in [2.75, 3.05) is 0 Å². The zero-order valence-electron chi connectivity index (χ0n) is 14.3. The van der Waals surface area contributed by atoms with Crippen LogP contribution >= 0.6 is 0 Å². The monoisotopic (exact) mass is 369 g/mol. The summed E-state index contributed by atoms with van der Waals surface area (Å²) < 4.78 is 35.2. The molecule has 1 heterocycles. The van der Waals surface area contributed by atoms with E-state index in [-0.39, 0.29) is 11.5 Å². The molecule has 0 fully saturated rings. The van der Waals surface area contributed by atoms with Gasteiger partial charge in [-0.25, -0.2) is 0 Å². The Kier molecular flexibility index (Phi) is 5.65. The van der Waals surface area contributed by atoms with Crippen LogP contribution in [0.25, 0.3) is 0 Å². The van der Waals surface area contributed by atoms with Crippen LogP contribution in [0, 0.1) is 6.92 Å². The topological polar surface area (TPSA) is 65.5 Å². The van der Waals surface area contributed by atoms with Crippen LogP contribution in [0.4, 0.5) is 0 Å². The number of hydrogen-bond acceptors (Lipinski definition) is 5. The van der Waals surface area contributed by atoms with Gasteiger partial charge in [0.15, 0.2) is 0 Å². The minimum absolute atomic E-state index is 0.0310. The van der Waals surface area contributed by atoms with E-state index in [2.05, 4.69) is 4.98 Å². The predicted molar refractivity (Wildman–Crippen MR) is 98.2 cm³/mol. The van der Waals surface area contributed by atoms with Gasteiger partial charge in [0.2, 0.25) is 0 Å². The molecular formula is C20H19NO4S. The van der Waals surface area contributed by atoms with Gasteiger partial charge in [-0.1, -0.05) is 35.9 Å². The molecule has 6 heteroatoms. The first-order valence-electron chi connectivity index (χ1n) is 8.11. The zero-order valence-corrected chi connectivity index (χ0v) is 15.1. The van der Waals surface area contributed by atoms with Crippen molar-refractivity contribution in [3.63, 3.8) is 0 Å². The molecule has 3 rings (SSSR count). The fraction of sp³-hybridized carbons (Fsp3) is 0.150. The lowest BCUT2D eigenvalue weighted by Crippen LogP contribution is -2.06. The third kappa shape index (κ3) is 4.91. The van der Waals surface area contributed by atoms with Gasteiger partial charge in [0.1, 0.15) is 12.4 Å². The Labute approximate surface area is 153 Å². The van der Waals surface area contributed by atoms with E-state index >= 15 is 0 Å². The predicted octanol–water partition coefficient (Wildman–Crippen LogP) is 3.87. The van der Waals surface area contributed by atoms with Crippen LogP contribution in [0.5, 0.6) is 5.75 Å². The van der Waals surface area contributed by atoms with E-state index in [1.54, 1.807) is 54.7 Å². The lowest BCUT2D eigenvalue weighted by Gasteiger charge is -2.08. The first-order valence-corrected chi connectivity index (χ1v) is 9.51. The summed E-state index contributed by atoms with van der Waals surface area (Å²) in [5.74, 6) is 0.681. The minimum Gasteiger partial charge on any atom is -0.487 e. The van der Waals surface area contributed by atoms with E-state index in [0.717, 1.165) is 16.8 Å². The number of nitrogens with zero attached hydrogens (tertiary/aromatic N) is 1. The Bertz CT molecular complexity index is 937. The Morgan fingerprint density at radius 1 is 0.885 bits per heavy atom. The summed E-state index contributed by atoms with van der Waals surface area (Å²) in [5.41, 5.74) is 2.57. The molecule has 0 aliphatic carbocycles. The Balaban J connectivity index is 1.56. The molecule has 0 aliphatic rings. The highest BCUT2D eigenvalue weighted by atomic mass is 32.2. The van der Waals surface area contributed by atoms with Gasteiger partial charge < -0.3 is 4.74 Å². The van der Waals surface area contributed by atoms with E-state index in [1.165, 1.54) is 0 Å². The summed E-state index contributed by atoms with van der Waals surface area (Å²) >= 11 is 0. The van der Waals surface area contributed by atoms with Crippen molar-refractivity contribution in [1.82, 2.24) is 4.98 Å². The second-order valence-corrected chi connectivity index (χ2v) is 7.40. The zero-order chi connectivity index (χ0) is 18.4. The van der Waals surface area contributed by atoms with E-state index in [9.17, 15) is 8.42 Å². The lowest BCUT2D eigenvalue weighted by molar-refractivity contribution is 0.298. The molecule has 0 atom stereocenters. The minimum atomic E-state index is -3.77. The molecule has 0 aliphatic heterocycles. The number of pyridine rings is 1. The van der Waals surface area contributed by atoms with Crippen molar-refractivity contribution in [3.8, 4) is 5.75 Å². The maximum absolute atomic E-state index is 12.2. The van der Waals surface area contributed by atoms with Crippen molar-refractivity contribution in [1.29, 1.82) is 0 Å². The molecule has 0 bridgehead atoms. The number of ether oxygens (including phenoxy) is 1. The van der Waals surface area contributed by atoms with Crippen molar-refractivity contribution < 1.29 is 17.3 Å². The largest absolute Gasteiger partial charge is 0.487 e. The number of rotatable bonds is 7. The molecule has 26 heavy (non-hydrogen) atoms. The van der Waals surface area contributed by atoms with E-state index in [0.29, 0.717) is 12.4 Å². The maximum atomic E-state index is 12.2.